The third-order valence-electron chi connectivity index (χ3n) is 4.67. The lowest BCUT2D eigenvalue weighted by molar-refractivity contribution is 0.197. The van der Waals surface area contributed by atoms with Crippen molar-refractivity contribution in [3.8, 4) is 0 Å². The van der Waals surface area contributed by atoms with E-state index in [0.717, 1.165) is 35.7 Å². The summed E-state index contributed by atoms with van der Waals surface area (Å²) in [6, 6.07) is 0.674. The quantitative estimate of drug-likeness (QED) is 0.608. The van der Waals surface area contributed by atoms with E-state index in [4.69, 9.17) is 11.5 Å². The van der Waals surface area contributed by atoms with E-state index < -0.39 is 12.2 Å². The van der Waals surface area contributed by atoms with Crippen molar-refractivity contribution in [3.05, 3.63) is 20.0 Å². The van der Waals surface area contributed by atoms with E-state index in [1.54, 1.807) is 13.8 Å². The summed E-state index contributed by atoms with van der Waals surface area (Å²) >= 11 is 3.00. The molecular formula is C16H26N6O2S2. The summed E-state index contributed by atoms with van der Waals surface area (Å²) in [6.07, 6.45) is 3.03. The van der Waals surface area contributed by atoms with E-state index in [9.17, 15) is 10.2 Å². The number of nitrogens with zero attached hydrogens (tertiary/aromatic N) is 4. The number of nitrogens with two attached hydrogens (primary N) is 2. The summed E-state index contributed by atoms with van der Waals surface area (Å²) < 4.78 is 0. The van der Waals surface area contributed by atoms with Gasteiger partial charge in [0.05, 0.1) is 0 Å². The zero-order valence-electron chi connectivity index (χ0n) is 14.9. The highest BCUT2D eigenvalue weighted by Crippen LogP contribution is 2.38. The zero-order chi connectivity index (χ0) is 18.8. The second kappa shape index (κ2) is 8.32. The number of aromatic nitrogens is 4. The van der Waals surface area contributed by atoms with E-state index in [1.165, 1.54) is 22.7 Å². The van der Waals surface area contributed by atoms with Crippen LogP contribution in [0.3, 0.4) is 0 Å². The standard InChI is InChI=1S/2C8H13N3OS/c2*1-4(12)7-10-11-8(13-7)5-2-6(9)3-5/h2*4-6,12H,2-3,9H2,1H3/t2*4-,5?,6?/m00/s1. The third kappa shape index (κ3) is 4.62. The predicted octanol–water partition coefficient (Wildman–Crippen LogP) is 1.59. The van der Waals surface area contributed by atoms with Gasteiger partial charge in [-0.3, -0.25) is 0 Å². The highest BCUT2D eigenvalue weighted by Gasteiger charge is 2.31. The van der Waals surface area contributed by atoms with Gasteiger partial charge in [-0.1, -0.05) is 22.7 Å². The van der Waals surface area contributed by atoms with Gasteiger partial charge in [-0.05, 0) is 39.5 Å². The highest BCUT2D eigenvalue weighted by atomic mass is 32.1. The van der Waals surface area contributed by atoms with Crippen LogP contribution >= 0.6 is 22.7 Å². The largest absolute Gasteiger partial charge is 0.386 e. The lowest BCUT2D eigenvalue weighted by atomic mass is 9.81. The van der Waals surface area contributed by atoms with Crippen LogP contribution in [-0.4, -0.2) is 42.7 Å². The Balaban J connectivity index is 0.000000151. The second-order valence-corrected chi connectivity index (χ2v) is 9.25. The van der Waals surface area contributed by atoms with Gasteiger partial charge in [0.2, 0.25) is 0 Å². The molecule has 6 N–H and O–H groups in total. The monoisotopic (exact) mass is 398 g/mol. The predicted molar refractivity (Wildman–Crippen MR) is 101 cm³/mol. The Bertz CT molecular complexity index is 647. The first-order chi connectivity index (χ1) is 12.3. The SMILES string of the molecule is C[C@H](O)c1nnc(C2CC(N)C2)s1.C[C@H](O)c1nnc(C2CC(N)C2)s1. The molecule has 2 aromatic rings. The molecule has 2 aliphatic rings. The average molecular weight is 399 g/mol. The van der Waals surface area contributed by atoms with Gasteiger partial charge in [-0.2, -0.15) is 0 Å². The van der Waals surface area contributed by atoms with Crippen LogP contribution < -0.4 is 11.5 Å². The first-order valence-electron chi connectivity index (χ1n) is 8.87. The molecule has 0 amide bonds. The minimum absolute atomic E-state index is 0.337. The molecule has 26 heavy (non-hydrogen) atoms. The Labute approximate surface area is 160 Å². The highest BCUT2D eigenvalue weighted by molar-refractivity contribution is 7.11. The molecule has 0 aliphatic heterocycles. The van der Waals surface area contributed by atoms with Crippen LogP contribution in [-0.2, 0) is 0 Å². The van der Waals surface area contributed by atoms with E-state index in [0.29, 0.717) is 33.9 Å². The maximum absolute atomic E-state index is 9.24. The van der Waals surface area contributed by atoms with E-state index in [-0.39, 0.29) is 0 Å². The summed E-state index contributed by atoms with van der Waals surface area (Å²) in [6.45, 7) is 3.41. The summed E-state index contributed by atoms with van der Waals surface area (Å²) in [5.74, 6) is 0.972. The van der Waals surface area contributed by atoms with Crippen LogP contribution in [0.15, 0.2) is 0 Å². The third-order valence-corrected chi connectivity index (χ3v) is 7.19. The minimum atomic E-state index is -0.500. The van der Waals surface area contributed by atoms with Crippen LogP contribution in [0.5, 0.6) is 0 Å². The summed E-state index contributed by atoms with van der Waals surface area (Å²) in [4.78, 5) is 0. The molecule has 144 valence electrons. The van der Waals surface area contributed by atoms with Gasteiger partial charge in [-0.25, -0.2) is 0 Å². The fourth-order valence-electron chi connectivity index (χ4n) is 2.89. The molecule has 2 atom stereocenters. The fourth-order valence-corrected chi connectivity index (χ4v) is 4.70. The van der Waals surface area contributed by atoms with Crippen molar-refractivity contribution >= 4 is 22.7 Å². The van der Waals surface area contributed by atoms with Crippen LogP contribution in [0, 0.1) is 0 Å². The molecule has 0 spiro atoms. The topological polar surface area (TPSA) is 144 Å². The molecule has 4 rings (SSSR count). The van der Waals surface area contributed by atoms with Gasteiger partial charge >= 0.3 is 0 Å². The van der Waals surface area contributed by atoms with Crippen molar-refractivity contribution in [3.63, 3.8) is 0 Å². The molecule has 0 radical (unpaired) electrons. The average Bonchev–Trinajstić information content (AvgIpc) is 3.18. The zero-order valence-corrected chi connectivity index (χ0v) is 16.6. The number of hydrogen-bond donors (Lipinski definition) is 4. The van der Waals surface area contributed by atoms with Crippen molar-refractivity contribution in [2.45, 2.75) is 75.7 Å². The maximum Gasteiger partial charge on any atom is 0.145 e. The van der Waals surface area contributed by atoms with Gasteiger partial charge in [0.1, 0.15) is 32.2 Å². The van der Waals surface area contributed by atoms with Crippen molar-refractivity contribution in [2.24, 2.45) is 11.5 Å². The number of aliphatic hydroxyl groups is 2. The van der Waals surface area contributed by atoms with Gasteiger partial charge in [0.25, 0.3) is 0 Å². The fraction of sp³-hybridized carbons (Fsp3) is 0.750. The lowest BCUT2D eigenvalue weighted by Crippen LogP contribution is -2.34. The molecule has 10 heteroatoms. The Morgan fingerprint density at radius 2 is 1.12 bits per heavy atom. The van der Waals surface area contributed by atoms with Crippen molar-refractivity contribution in [1.29, 1.82) is 0 Å². The molecule has 0 aromatic carbocycles. The molecule has 8 nitrogen and oxygen atoms in total. The van der Waals surface area contributed by atoms with Crippen LogP contribution in [0.2, 0.25) is 0 Å². The van der Waals surface area contributed by atoms with Gasteiger partial charge in [0, 0.05) is 23.9 Å². The van der Waals surface area contributed by atoms with E-state index in [1.807, 2.05) is 0 Å². The molecule has 0 unspecified atom stereocenters. The molecule has 0 bridgehead atoms. The molecule has 2 heterocycles. The summed E-state index contributed by atoms with van der Waals surface area (Å²) in [5.41, 5.74) is 11.4. The Hall–Kier alpha value is -1.04. The molecule has 0 saturated heterocycles. The Kier molecular flexibility index (Phi) is 6.31. The lowest BCUT2D eigenvalue weighted by Gasteiger charge is -2.30. The first-order valence-corrected chi connectivity index (χ1v) is 10.5. The summed E-state index contributed by atoms with van der Waals surface area (Å²) in [7, 11) is 0. The number of rotatable bonds is 4. The minimum Gasteiger partial charge on any atom is -0.386 e. The first kappa shape index (κ1) is 19.7. The van der Waals surface area contributed by atoms with Gasteiger partial charge in [-0.15, -0.1) is 20.4 Å². The van der Waals surface area contributed by atoms with Crippen LogP contribution in [0.4, 0.5) is 0 Å². The van der Waals surface area contributed by atoms with Crippen molar-refractivity contribution < 1.29 is 10.2 Å². The Morgan fingerprint density at radius 3 is 1.35 bits per heavy atom. The maximum atomic E-state index is 9.24. The van der Waals surface area contributed by atoms with E-state index in [2.05, 4.69) is 20.4 Å². The van der Waals surface area contributed by atoms with Crippen molar-refractivity contribution in [1.82, 2.24) is 20.4 Å². The van der Waals surface area contributed by atoms with Crippen LogP contribution in [0.1, 0.15) is 83.6 Å². The normalized spacial score (nSPS) is 29.8. The molecular weight excluding hydrogens is 372 g/mol. The summed E-state index contributed by atoms with van der Waals surface area (Å²) in [5, 5.41) is 37.9. The molecule has 2 saturated carbocycles. The second-order valence-electron chi connectivity index (χ2n) is 7.17. The Morgan fingerprint density at radius 1 is 0.769 bits per heavy atom. The number of hydrogen-bond acceptors (Lipinski definition) is 10. The van der Waals surface area contributed by atoms with Crippen LogP contribution in [0.25, 0.3) is 0 Å². The molecule has 2 aromatic heterocycles. The van der Waals surface area contributed by atoms with Crippen molar-refractivity contribution in [2.75, 3.05) is 0 Å². The smallest absolute Gasteiger partial charge is 0.145 e. The van der Waals surface area contributed by atoms with E-state index >= 15 is 0 Å². The number of aliphatic hydroxyl groups excluding tert-OH is 2. The molecule has 2 aliphatic carbocycles. The van der Waals surface area contributed by atoms with Gasteiger partial charge < -0.3 is 21.7 Å². The van der Waals surface area contributed by atoms with Gasteiger partial charge in [0.15, 0.2) is 0 Å². The molecule has 2 fully saturated rings.